The predicted octanol–water partition coefficient (Wildman–Crippen LogP) is 5.13. The van der Waals surface area contributed by atoms with E-state index in [2.05, 4.69) is 76.3 Å². The fourth-order valence-corrected chi connectivity index (χ4v) is 5.41. The van der Waals surface area contributed by atoms with Crippen molar-refractivity contribution in [2.24, 2.45) is 0 Å². The molecule has 0 N–H and O–H groups in total. The number of imidazole rings is 4. The Kier molecular flexibility index (Phi) is 8.63. The molecule has 4 heterocycles. The number of ether oxygens (including phenoxy) is 2. The van der Waals surface area contributed by atoms with E-state index in [0.29, 0.717) is 39.4 Å². The normalized spacial score (nSPS) is 11.2. The molecule has 43 heavy (non-hydrogen) atoms. The van der Waals surface area contributed by atoms with Crippen LogP contribution >= 0.6 is 0 Å². The summed E-state index contributed by atoms with van der Waals surface area (Å²) in [5.74, 6) is 1.81. The maximum atomic E-state index is 6.54. The van der Waals surface area contributed by atoms with Crippen molar-refractivity contribution in [2.75, 3.05) is 13.2 Å². The van der Waals surface area contributed by atoms with Gasteiger partial charge in [-0.25, -0.2) is 19.9 Å². The second-order valence-corrected chi connectivity index (χ2v) is 10.8. The summed E-state index contributed by atoms with van der Waals surface area (Å²) in [4.78, 5) is 16.9. The van der Waals surface area contributed by atoms with Crippen molar-refractivity contribution in [3.63, 3.8) is 0 Å². The van der Waals surface area contributed by atoms with E-state index in [1.165, 1.54) is 11.1 Å². The molecule has 6 aromatic rings. The Morgan fingerprint density at radius 3 is 1.05 bits per heavy atom. The zero-order valence-corrected chi connectivity index (χ0v) is 24.6. The van der Waals surface area contributed by atoms with Gasteiger partial charge in [-0.2, -0.15) is 0 Å². The molecule has 0 fully saturated rings. The van der Waals surface area contributed by atoms with Crippen LogP contribution in [-0.2, 0) is 26.2 Å². The van der Waals surface area contributed by atoms with E-state index in [1.54, 1.807) is 24.8 Å². The maximum Gasteiger partial charge on any atom is 0.129 e. The molecule has 0 unspecified atom stereocenters. The van der Waals surface area contributed by atoms with Crippen LogP contribution in [0.4, 0.5) is 0 Å². The van der Waals surface area contributed by atoms with Crippen molar-refractivity contribution >= 4 is 0 Å². The lowest BCUT2D eigenvalue weighted by molar-refractivity contribution is 0.241. The van der Waals surface area contributed by atoms with E-state index in [0.717, 1.165) is 40.2 Å². The van der Waals surface area contributed by atoms with Crippen molar-refractivity contribution in [1.29, 1.82) is 0 Å². The Labute approximate surface area is 251 Å². The van der Waals surface area contributed by atoms with Gasteiger partial charge in [0.05, 0.1) is 64.7 Å². The van der Waals surface area contributed by atoms with Gasteiger partial charge in [0.2, 0.25) is 0 Å². The van der Waals surface area contributed by atoms with Gasteiger partial charge in [-0.3, -0.25) is 0 Å². The Morgan fingerprint density at radius 1 is 0.488 bits per heavy atom. The molecule has 0 radical (unpaired) electrons. The zero-order chi connectivity index (χ0) is 29.4. The zero-order valence-electron chi connectivity index (χ0n) is 24.6. The third kappa shape index (κ3) is 7.21. The molecule has 4 aromatic heterocycles. The number of hydrogen-bond donors (Lipinski definition) is 0. The molecular weight excluding hydrogens is 540 g/mol. The number of rotatable bonds is 14. The summed E-state index contributed by atoms with van der Waals surface area (Å²) in [5.41, 5.74) is 6.87. The molecular formula is C33H36N8O2. The molecule has 0 saturated carbocycles. The third-order valence-electron chi connectivity index (χ3n) is 7.20. The van der Waals surface area contributed by atoms with E-state index < -0.39 is 0 Å². The monoisotopic (exact) mass is 576 g/mol. The molecule has 10 heteroatoms. The number of benzene rings is 2. The Bertz CT molecular complexity index is 1460. The van der Waals surface area contributed by atoms with Crippen molar-refractivity contribution < 1.29 is 9.47 Å². The first-order chi connectivity index (χ1) is 21.1. The van der Waals surface area contributed by atoms with Gasteiger partial charge in [0, 0.05) is 78.2 Å². The Hall–Kier alpha value is -5.12. The Balaban J connectivity index is 1.18. The molecule has 2 aromatic carbocycles. The quantitative estimate of drug-likeness (QED) is 0.167. The second-order valence-electron chi connectivity index (χ2n) is 10.8. The van der Waals surface area contributed by atoms with Crippen molar-refractivity contribution in [3.05, 3.63) is 133 Å². The van der Waals surface area contributed by atoms with Crippen molar-refractivity contribution in [2.45, 2.75) is 46.4 Å². The minimum Gasteiger partial charge on any atom is -0.493 e. The number of nitrogens with zero attached hydrogens (tertiary/aromatic N) is 8. The highest BCUT2D eigenvalue weighted by atomic mass is 16.5. The molecule has 0 saturated heterocycles. The highest BCUT2D eigenvalue weighted by Crippen LogP contribution is 2.30. The first-order valence-electron chi connectivity index (χ1n) is 14.4. The lowest BCUT2D eigenvalue weighted by Gasteiger charge is -2.20. The molecule has 6 rings (SSSR count). The minimum absolute atomic E-state index is 0.524. The van der Waals surface area contributed by atoms with Crippen LogP contribution in [0, 0.1) is 13.8 Å². The molecule has 0 spiro atoms. The van der Waals surface area contributed by atoms with Crippen LogP contribution in [0.1, 0.15) is 39.8 Å². The summed E-state index contributed by atoms with van der Waals surface area (Å²) < 4.78 is 21.3. The van der Waals surface area contributed by atoms with Gasteiger partial charge in [0.15, 0.2) is 0 Å². The standard InChI is InChI=1S/C33H36N8O2/c1-26-14-28(18-38-8-4-34-22-38)32(29(15-26)19-39-9-5-35-23-39)42-12-3-13-43-33-30(20-40-10-6-36-24-40)16-27(2)17-31(33)21-41-11-7-37-25-41/h4-11,14-17,22-25H,3,12-13,18-21H2,1-2H3. The SMILES string of the molecule is Cc1cc(Cn2ccnc2)c(OCCCOc2c(Cn3ccnc3)cc(C)cc2Cn2ccnc2)c(Cn2ccnc2)c1. The first kappa shape index (κ1) is 28.0. The smallest absolute Gasteiger partial charge is 0.129 e. The predicted molar refractivity (Wildman–Crippen MR) is 163 cm³/mol. The summed E-state index contributed by atoms with van der Waals surface area (Å²) in [6.45, 7) is 8.03. The highest BCUT2D eigenvalue weighted by molar-refractivity contribution is 5.46. The molecule has 10 nitrogen and oxygen atoms in total. The van der Waals surface area contributed by atoms with Gasteiger partial charge in [0.25, 0.3) is 0 Å². The first-order valence-corrected chi connectivity index (χ1v) is 14.4. The number of aromatic nitrogens is 8. The highest BCUT2D eigenvalue weighted by Gasteiger charge is 2.15. The number of hydrogen-bond acceptors (Lipinski definition) is 6. The molecule has 0 bridgehead atoms. The van der Waals surface area contributed by atoms with Crippen LogP contribution in [0.25, 0.3) is 0 Å². The fourth-order valence-electron chi connectivity index (χ4n) is 5.41. The van der Waals surface area contributed by atoms with Crippen LogP contribution in [0.5, 0.6) is 11.5 Å². The number of aryl methyl sites for hydroxylation is 2. The largest absolute Gasteiger partial charge is 0.493 e. The van der Waals surface area contributed by atoms with Gasteiger partial charge in [-0.05, 0) is 13.8 Å². The topological polar surface area (TPSA) is 89.7 Å². The lowest BCUT2D eigenvalue weighted by Crippen LogP contribution is -2.12. The molecule has 0 amide bonds. The van der Waals surface area contributed by atoms with Gasteiger partial charge >= 0.3 is 0 Å². The molecule has 0 aliphatic heterocycles. The maximum absolute atomic E-state index is 6.54. The Morgan fingerprint density at radius 2 is 0.791 bits per heavy atom. The second kappa shape index (κ2) is 13.2. The summed E-state index contributed by atoms with van der Waals surface area (Å²) in [7, 11) is 0. The summed E-state index contributed by atoms with van der Waals surface area (Å²) >= 11 is 0. The molecule has 220 valence electrons. The van der Waals surface area contributed by atoms with Crippen LogP contribution in [0.2, 0.25) is 0 Å². The fraction of sp³-hybridized carbons (Fsp3) is 0.273. The van der Waals surface area contributed by atoms with Gasteiger partial charge in [-0.15, -0.1) is 0 Å². The average Bonchev–Trinajstić information content (AvgIpc) is 3.81. The van der Waals surface area contributed by atoms with E-state index in [-0.39, 0.29) is 0 Å². The molecule has 0 aliphatic carbocycles. The van der Waals surface area contributed by atoms with E-state index in [1.807, 2.05) is 50.1 Å². The van der Waals surface area contributed by atoms with Crippen LogP contribution in [0.3, 0.4) is 0 Å². The minimum atomic E-state index is 0.524. The molecule has 0 aliphatic rings. The van der Waals surface area contributed by atoms with Crippen molar-refractivity contribution in [1.82, 2.24) is 38.2 Å². The van der Waals surface area contributed by atoms with Crippen LogP contribution in [0.15, 0.2) is 99.1 Å². The summed E-state index contributed by atoms with van der Waals surface area (Å²) in [5, 5.41) is 0. The molecule has 0 atom stereocenters. The van der Waals surface area contributed by atoms with Gasteiger partial charge < -0.3 is 27.7 Å². The van der Waals surface area contributed by atoms with Crippen LogP contribution in [-0.4, -0.2) is 51.4 Å². The van der Waals surface area contributed by atoms with Crippen LogP contribution < -0.4 is 9.47 Å². The van der Waals surface area contributed by atoms with E-state index >= 15 is 0 Å². The van der Waals surface area contributed by atoms with Gasteiger partial charge in [0.1, 0.15) is 11.5 Å². The van der Waals surface area contributed by atoms with Gasteiger partial charge in [-0.1, -0.05) is 35.4 Å². The summed E-state index contributed by atoms with van der Waals surface area (Å²) in [6.07, 6.45) is 23.1. The van der Waals surface area contributed by atoms with Crippen molar-refractivity contribution in [3.8, 4) is 11.5 Å². The average molecular weight is 577 g/mol. The summed E-state index contributed by atoms with van der Waals surface area (Å²) in [6, 6.07) is 8.78. The van der Waals surface area contributed by atoms with E-state index in [4.69, 9.17) is 9.47 Å². The lowest BCUT2D eigenvalue weighted by atomic mass is 10.0. The third-order valence-corrected chi connectivity index (χ3v) is 7.20. The van der Waals surface area contributed by atoms with E-state index in [9.17, 15) is 0 Å².